The summed E-state index contributed by atoms with van der Waals surface area (Å²) in [4.78, 5) is 44.8. The molecular weight excluding hydrogens is 212 g/mol. The van der Waals surface area contributed by atoms with Gasteiger partial charge in [-0.1, -0.05) is 0 Å². The van der Waals surface area contributed by atoms with Crippen molar-refractivity contribution >= 4 is 23.5 Å². The SMILES string of the molecule is O=C1CCC(=O)C(CC2CC(=O)OC2=O)C1. The zero-order valence-electron chi connectivity index (χ0n) is 8.73. The first-order valence-corrected chi connectivity index (χ1v) is 5.35. The second-order valence-electron chi connectivity index (χ2n) is 4.34. The van der Waals surface area contributed by atoms with Gasteiger partial charge in [-0.15, -0.1) is 0 Å². The molecule has 5 nitrogen and oxygen atoms in total. The number of carbonyl (C=O) groups excluding carboxylic acids is 4. The Balaban J connectivity index is 1.98. The molecule has 2 rings (SSSR count). The second kappa shape index (κ2) is 4.15. The summed E-state index contributed by atoms with van der Waals surface area (Å²) in [6.45, 7) is 0. The molecule has 1 heterocycles. The van der Waals surface area contributed by atoms with Crippen LogP contribution in [0.25, 0.3) is 0 Å². The summed E-state index contributed by atoms with van der Waals surface area (Å²) in [6.07, 6.45) is 1.09. The fraction of sp³-hybridized carbons (Fsp3) is 0.636. The molecule has 1 aliphatic heterocycles. The average molecular weight is 224 g/mol. The van der Waals surface area contributed by atoms with Gasteiger partial charge in [0.2, 0.25) is 0 Å². The van der Waals surface area contributed by atoms with Crippen LogP contribution in [-0.2, 0) is 23.9 Å². The molecule has 2 fully saturated rings. The van der Waals surface area contributed by atoms with Crippen molar-refractivity contribution in [3.8, 4) is 0 Å². The Morgan fingerprint density at radius 1 is 1.00 bits per heavy atom. The fourth-order valence-corrected chi connectivity index (χ4v) is 2.22. The molecule has 5 heteroatoms. The first kappa shape index (κ1) is 11.0. The van der Waals surface area contributed by atoms with E-state index in [0.717, 1.165) is 0 Å². The fourth-order valence-electron chi connectivity index (χ4n) is 2.22. The van der Waals surface area contributed by atoms with E-state index in [2.05, 4.69) is 4.74 Å². The van der Waals surface area contributed by atoms with Gasteiger partial charge in [0, 0.05) is 25.2 Å². The van der Waals surface area contributed by atoms with E-state index >= 15 is 0 Å². The number of carbonyl (C=O) groups is 4. The van der Waals surface area contributed by atoms with Crippen LogP contribution in [0.5, 0.6) is 0 Å². The van der Waals surface area contributed by atoms with Crippen LogP contribution in [0.15, 0.2) is 0 Å². The van der Waals surface area contributed by atoms with Crippen molar-refractivity contribution in [1.82, 2.24) is 0 Å². The second-order valence-corrected chi connectivity index (χ2v) is 4.34. The van der Waals surface area contributed by atoms with Crippen molar-refractivity contribution < 1.29 is 23.9 Å². The lowest BCUT2D eigenvalue weighted by atomic mass is 9.81. The number of esters is 2. The summed E-state index contributed by atoms with van der Waals surface area (Å²) in [5, 5.41) is 0. The third-order valence-electron chi connectivity index (χ3n) is 3.11. The first-order valence-electron chi connectivity index (χ1n) is 5.35. The number of hydrogen-bond acceptors (Lipinski definition) is 5. The minimum absolute atomic E-state index is 0.0201. The van der Waals surface area contributed by atoms with E-state index in [1.54, 1.807) is 0 Å². The summed E-state index contributed by atoms with van der Waals surface area (Å²) in [5.74, 6) is -1.95. The highest BCUT2D eigenvalue weighted by molar-refractivity contribution is 5.97. The summed E-state index contributed by atoms with van der Waals surface area (Å²) in [7, 11) is 0. The van der Waals surface area contributed by atoms with Crippen LogP contribution in [0.2, 0.25) is 0 Å². The van der Waals surface area contributed by atoms with Gasteiger partial charge in [0.05, 0.1) is 12.3 Å². The molecule has 1 saturated heterocycles. The van der Waals surface area contributed by atoms with E-state index in [-0.39, 0.29) is 37.2 Å². The molecule has 16 heavy (non-hydrogen) atoms. The molecule has 2 aliphatic rings. The number of ketones is 2. The maximum atomic E-state index is 11.5. The van der Waals surface area contributed by atoms with Crippen LogP contribution in [0.1, 0.15) is 32.1 Å². The predicted molar refractivity (Wildman–Crippen MR) is 51.2 cm³/mol. The molecule has 86 valence electrons. The third-order valence-corrected chi connectivity index (χ3v) is 3.11. The number of hydrogen-bond donors (Lipinski definition) is 0. The van der Waals surface area contributed by atoms with Gasteiger partial charge in [0.1, 0.15) is 11.6 Å². The first-order chi connectivity index (χ1) is 7.56. The largest absolute Gasteiger partial charge is 0.393 e. The number of cyclic esters (lactones) is 2. The van der Waals surface area contributed by atoms with Gasteiger partial charge in [0.25, 0.3) is 0 Å². The maximum absolute atomic E-state index is 11.5. The minimum Gasteiger partial charge on any atom is -0.393 e. The zero-order valence-corrected chi connectivity index (χ0v) is 8.73. The molecule has 0 aromatic heterocycles. The predicted octanol–water partition coefficient (Wildman–Crippen LogP) is 0.405. The molecule has 0 radical (unpaired) electrons. The van der Waals surface area contributed by atoms with Crippen LogP contribution < -0.4 is 0 Å². The van der Waals surface area contributed by atoms with E-state index in [9.17, 15) is 19.2 Å². The van der Waals surface area contributed by atoms with Gasteiger partial charge in [-0.2, -0.15) is 0 Å². The monoisotopic (exact) mass is 224 g/mol. The Kier molecular flexibility index (Phi) is 2.85. The molecule has 0 bridgehead atoms. The lowest BCUT2D eigenvalue weighted by molar-refractivity contribution is -0.153. The Morgan fingerprint density at radius 3 is 2.38 bits per heavy atom. The van der Waals surface area contributed by atoms with Crippen molar-refractivity contribution in [3.05, 3.63) is 0 Å². The molecule has 1 aliphatic carbocycles. The van der Waals surface area contributed by atoms with Crippen molar-refractivity contribution in [1.29, 1.82) is 0 Å². The summed E-state index contributed by atoms with van der Waals surface area (Å²) >= 11 is 0. The van der Waals surface area contributed by atoms with Crippen LogP contribution in [0, 0.1) is 11.8 Å². The van der Waals surface area contributed by atoms with Gasteiger partial charge < -0.3 is 4.74 Å². The van der Waals surface area contributed by atoms with E-state index in [1.807, 2.05) is 0 Å². The van der Waals surface area contributed by atoms with Crippen LogP contribution >= 0.6 is 0 Å². The van der Waals surface area contributed by atoms with Crippen LogP contribution in [0.3, 0.4) is 0 Å². The Morgan fingerprint density at radius 2 is 1.75 bits per heavy atom. The Labute approximate surface area is 92.1 Å². The quantitative estimate of drug-likeness (QED) is 0.501. The smallest absolute Gasteiger partial charge is 0.317 e. The molecule has 0 aromatic rings. The van der Waals surface area contributed by atoms with Gasteiger partial charge in [-0.3, -0.25) is 19.2 Å². The van der Waals surface area contributed by atoms with Crippen molar-refractivity contribution in [2.45, 2.75) is 32.1 Å². The number of Topliss-reactive ketones (excluding diaryl/α,β-unsaturated/α-hetero) is 2. The van der Waals surface area contributed by atoms with Crippen LogP contribution in [0.4, 0.5) is 0 Å². The third kappa shape index (κ3) is 2.18. The average Bonchev–Trinajstić information content (AvgIpc) is 2.51. The van der Waals surface area contributed by atoms with E-state index in [1.165, 1.54) is 0 Å². The van der Waals surface area contributed by atoms with Gasteiger partial charge in [-0.05, 0) is 6.42 Å². The number of ether oxygens (including phenoxy) is 1. The van der Waals surface area contributed by atoms with Crippen molar-refractivity contribution in [3.63, 3.8) is 0 Å². The highest BCUT2D eigenvalue weighted by Crippen LogP contribution is 2.29. The Hall–Kier alpha value is -1.52. The zero-order chi connectivity index (χ0) is 11.7. The Bertz CT molecular complexity index is 371. The highest BCUT2D eigenvalue weighted by atomic mass is 16.6. The van der Waals surface area contributed by atoms with Gasteiger partial charge in [-0.25, -0.2) is 0 Å². The van der Waals surface area contributed by atoms with Crippen molar-refractivity contribution in [2.75, 3.05) is 0 Å². The molecule has 2 unspecified atom stereocenters. The van der Waals surface area contributed by atoms with E-state index in [4.69, 9.17) is 0 Å². The molecule has 0 amide bonds. The van der Waals surface area contributed by atoms with Crippen LogP contribution in [-0.4, -0.2) is 23.5 Å². The molecular formula is C11H12O5. The van der Waals surface area contributed by atoms with Gasteiger partial charge in [0.15, 0.2) is 0 Å². The normalized spacial score (nSPS) is 30.8. The molecule has 0 spiro atoms. The van der Waals surface area contributed by atoms with E-state index < -0.39 is 23.8 Å². The molecule has 1 saturated carbocycles. The maximum Gasteiger partial charge on any atom is 0.317 e. The lowest BCUT2D eigenvalue weighted by Gasteiger charge is -2.20. The number of rotatable bonds is 2. The molecule has 0 N–H and O–H groups in total. The van der Waals surface area contributed by atoms with E-state index in [0.29, 0.717) is 6.42 Å². The topological polar surface area (TPSA) is 77.5 Å². The standard InChI is InChI=1S/C11H12O5/c12-8-1-2-9(13)6(4-8)3-7-5-10(14)16-11(7)15/h6-7H,1-5H2. The minimum atomic E-state index is -0.559. The lowest BCUT2D eigenvalue weighted by Crippen LogP contribution is -2.27. The summed E-state index contributed by atoms with van der Waals surface area (Å²) in [6, 6.07) is 0. The van der Waals surface area contributed by atoms with Gasteiger partial charge >= 0.3 is 11.9 Å². The molecule has 2 atom stereocenters. The summed E-state index contributed by atoms with van der Waals surface area (Å²) in [5.41, 5.74) is 0. The van der Waals surface area contributed by atoms with Crippen molar-refractivity contribution in [2.24, 2.45) is 11.8 Å². The molecule has 0 aromatic carbocycles. The highest BCUT2D eigenvalue weighted by Gasteiger charge is 2.38. The summed E-state index contributed by atoms with van der Waals surface area (Å²) < 4.78 is 4.40.